The molecule has 0 saturated carbocycles. The van der Waals surface area contributed by atoms with Crippen LogP contribution in [0.25, 0.3) is 0 Å². The molecule has 1 aliphatic heterocycles. The minimum atomic E-state index is -0.331. The fraction of sp³-hybridized carbons (Fsp3) is 0.409. The van der Waals surface area contributed by atoms with Crippen molar-refractivity contribution in [2.24, 2.45) is 5.92 Å². The van der Waals surface area contributed by atoms with Crippen molar-refractivity contribution >= 4 is 6.03 Å². The average Bonchev–Trinajstić information content (AvgIpc) is 2.71. The lowest BCUT2D eigenvalue weighted by molar-refractivity contribution is 0.0610. The van der Waals surface area contributed by atoms with Gasteiger partial charge in [0.25, 0.3) is 0 Å². The molecule has 1 fully saturated rings. The summed E-state index contributed by atoms with van der Waals surface area (Å²) in [5, 5.41) is 13.3. The van der Waals surface area contributed by atoms with E-state index < -0.39 is 0 Å². The third-order valence-corrected chi connectivity index (χ3v) is 5.28. The molecule has 144 valence electrons. The number of aliphatic hydroxyl groups is 1. The molecule has 1 atom stereocenters. The summed E-state index contributed by atoms with van der Waals surface area (Å²) in [6.45, 7) is 1.60. The van der Waals surface area contributed by atoms with Crippen LogP contribution in [-0.4, -0.2) is 35.2 Å². The average molecular weight is 370 g/mol. The van der Waals surface area contributed by atoms with Gasteiger partial charge in [-0.05, 0) is 54.9 Å². The fourth-order valence-electron chi connectivity index (χ4n) is 3.62. The second-order valence-electron chi connectivity index (χ2n) is 7.20. The Kier molecular flexibility index (Phi) is 6.82. The number of hydrogen-bond acceptors (Lipinski definition) is 2. The van der Waals surface area contributed by atoms with Crippen LogP contribution in [0.4, 0.5) is 9.18 Å². The highest BCUT2D eigenvalue weighted by Gasteiger charge is 2.27. The van der Waals surface area contributed by atoms with Crippen molar-refractivity contribution in [3.05, 3.63) is 71.5 Å². The second kappa shape index (κ2) is 9.51. The molecule has 0 radical (unpaired) electrons. The van der Waals surface area contributed by atoms with Gasteiger partial charge in [-0.1, -0.05) is 42.5 Å². The summed E-state index contributed by atoms with van der Waals surface area (Å²) in [7, 11) is 0. The molecule has 3 rings (SSSR count). The number of likely N-dealkylation sites (tertiary alicyclic amines) is 1. The molecule has 27 heavy (non-hydrogen) atoms. The van der Waals surface area contributed by atoms with Crippen molar-refractivity contribution in [2.45, 2.75) is 38.3 Å². The van der Waals surface area contributed by atoms with E-state index in [1.165, 1.54) is 17.7 Å². The number of carbonyl (C=O) groups excluding carboxylic acids is 1. The van der Waals surface area contributed by atoms with Crippen LogP contribution < -0.4 is 5.32 Å². The molecule has 2 amide bonds. The number of rotatable bonds is 6. The summed E-state index contributed by atoms with van der Waals surface area (Å²) in [6.07, 6.45) is 2.91. The summed E-state index contributed by atoms with van der Waals surface area (Å²) in [6, 6.07) is 16.3. The van der Waals surface area contributed by atoms with E-state index in [0.717, 1.165) is 31.2 Å². The first-order chi connectivity index (χ1) is 13.1. The molecule has 1 heterocycles. The number of nitrogens with one attached hydrogen (secondary N) is 1. The Hall–Kier alpha value is -2.40. The topological polar surface area (TPSA) is 52.6 Å². The summed E-state index contributed by atoms with van der Waals surface area (Å²) in [5.41, 5.74) is 1.99. The third-order valence-electron chi connectivity index (χ3n) is 5.28. The molecule has 0 aliphatic carbocycles. The van der Waals surface area contributed by atoms with Gasteiger partial charge in [-0.2, -0.15) is 0 Å². The van der Waals surface area contributed by atoms with Crippen molar-refractivity contribution in [3.8, 4) is 0 Å². The number of benzene rings is 2. The van der Waals surface area contributed by atoms with E-state index in [4.69, 9.17) is 0 Å². The molecule has 4 nitrogen and oxygen atoms in total. The van der Waals surface area contributed by atoms with E-state index in [9.17, 15) is 14.3 Å². The first-order valence-corrected chi connectivity index (χ1v) is 9.61. The van der Waals surface area contributed by atoms with Crippen LogP contribution in [0.3, 0.4) is 0 Å². The monoisotopic (exact) mass is 370 g/mol. The number of aryl methyl sites for hydroxylation is 1. The number of nitrogens with zero attached hydrogens (tertiary/aromatic N) is 1. The maximum atomic E-state index is 13.2. The van der Waals surface area contributed by atoms with Crippen molar-refractivity contribution < 1.29 is 14.3 Å². The molecule has 1 aliphatic rings. The molecule has 2 aromatic carbocycles. The van der Waals surface area contributed by atoms with Crippen LogP contribution in [0, 0.1) is 11.7 Å². The molecule has 0 aromatic heterocycles. The number of amides is 2. The predicted octanol–water partition coefficient (Wildman–Crippen LogP) is 3.74. The highest BCUT2D eigenvalue weighted by molar-refractivity contribution is 5.74. The van der Waals surface area contributed by atoms with Gasteiger partial charge in [0.05, 0.1) is 6.10 Å². The number of piperidine rings is 1. The molecule has 2 aromatic rings. The number of urea groups is 1. The van der Waals surface area contributed by atoms with E-state index >= 15 is 0 Å². The largest absolute Gasteiger partial charge is 0.393 e. The Morgan fingerprint density at radius 3 is 2.52 bits per heavy atom. The zero-order valence-corrected chi connectivity index (χ0v) is 15.5. The number of halogens is 1. The van der Waals surface area contributed by atoms with Gasteiger partial charge >= 0.3 is 6.03 Å². The number of hydrogen-bond donors (Lipinski definition) is 2. The number of carbonyl (C=O) groups is 1. The van der Waals surface area contributed by atoms with Gasteiger partial charge in [0, 0.05) is 19.6 Å². The fourth-order valence-corrected chi connectivity index (χ4v) is 3.62. The summed E-state index contributed by atoms with van der Waals surface area (Å²) >= 11 is 0. The molecule has 0 spiro atoms. The van der Waals surface area contributed by atoms with E-state index in [1.54, 1.807) is 17.0 Å². The molecular formula is C22H27FN2O2. The molecule has 2 N–H and O–H groups in total. The highest BCUT2D eigenvalue weighted by Crippen LogP contribution is 2.23. The van der Waals surface area contributed by atoms with Gasteiger partial charge in [-0.15, -0.1) is 0 Å². The van der Waals surface area contributed by atoms with Gasteiger partial charge < -0.3 is 15.3 Å². The smallest absolute Gasteiger partial charge is 0.317 e. The van der Waals surface area contributed by atoms with Crippen LogP contribution in [0.1, 0.15) is 30.4 Å². The first-order valence-electron chi connectivity index (χ1n) is 9.61. The molecule has 0 unspecified atom stereocenters. The SMILES string of the molecule is O=C(NCc1cccc(F)c1)N1CCC([C@@H](O)CCc2ccccc2)CC1. The third kappa shape index (κ3) is 5.79. The lowest BCUT2D eigenvalue weighted by Gasteiger charge is -2.34. The van der Waals surface area contributed by atoms with Crippen molar-refractivity contribution in [3.63, 3.8) is 0 Å². The Morgan fingerprint density at radius 1 is 1.11 bits per heavy atom. The van der Waals surface area contributed by atoms with Gasteiger partial charge in [0.15, 0.2) is 0 Å². The van der Waals surface area contributed by atoms with Gasteiger partial charge in [0.2, 0.25) is 0 Å². The second-order valence-corrected chi connectivity index (χ2v) is 7.20. The predicted molar refractivity (Wildman–Crippen MR) is 104 cm³/mol. The molecule has 1 saturated heterocycles. The lowest BCUT2D eigenvalue weighted by Crippen LogP contribution is -2.45. The standard InChI is InChI=1S/C22H27FN2O2/c23-20-8-4-7-18(15-20)16-24-22(27)25-13-11-19(12-14-25)21(26)10-9-17-5-2-1-3-6-17/h1-8,15,19,21,26H,9-14,16H2,(H,24,27)/t21-/m0/s1. The van der Waals surface area contributed by atoms with Gasteiger partial charge in [0.1, 0.15) is 5.82 Å². The van der Waals surface area contributed by atoms with E-state index in [0.29, 0.717) is 19.6 Å². The summed E-state index contributed by atoms with van der Waals surface area (Å²) < 4.78 is 13.2. The Bertz CT molecular complexity index is 730. The minimum absolute atomic E-state index is 0.128. The normalized spacial score (nSPS) is 16.1. The maximum Gasteiger partial charge on any atom is 0.317 e. The Labute approximate surface area is 160 Å². The van der Waals surface area contributed by atoms with Crippen molar-refractivity contribution in [2.75, 3.05) is 13.1 Å². The quantitative estimate of drug-likeness (QED) is 0.814. The van der Waals surface area contributed by atoms with Crippen molar-refractivity contribution in [1.82, 2.24) is 10.2 Å². The molecular weight excluding hydrogens is 343 g/mol. The maximum absolute atomic E-state index is 13.2. The van der Waals surface area contributed by atoms with Crippen molar-refractivity contribution in [1.29, 1.82) is 0 Å². The summed E-state index contributed by atoms with van der Waals surface area (Å²) in [5.74, 6) is -0.0620. The zero-order valence-electron chi connectivity index (χ0n) is 15.5. The summed E-state index contributed by atoms with van der Waals surface area (Å²) in [4.78, 5) is 14.1. The Morgan fingerprint density at radius 2 is 1.81 bits per heavy atom. The van der Waals surface area contributed by atoms with E-state index in [1.807, 2.05) is 18.2 Å². The van der Waals surface area contributed by atoms with Crippen LogP contribution in [0.5, 0.6) is 0 Å². The van der Waals surface area contributed by atoms with E-state index in [2.05, 4.69) is 17.4 Å². The van der Waals surface area contributed by atoms with Crippen LogP contribution in [0.15, 0.2) is 54.6 Å². The van der Waals surface area contributed by atoms with E-state index in [-0.39, 0.29) is 23.9 Å². The zero-order chi connectivity index (χ0) is 19.1. The molecule has 5 heteroatoms. The van der Waals surface area contributed by atoms with Crippen LogP contribution in [-0.2, 0) is 13.0 Å². The van der Waals surface area contributed by atoms with Crippen LogP contribution in [0.2, 0.25) is 0 Å². The van der Waals surface area contributed by atoms with Gasteiger partial charge in [-0.3, -0.25) is 0 Å². The Balaban J connectivity index is 1.39. The van der Waals surface area contributed by atoms with Crippen LogP contribution >= 0.6 is 0 Å². The minimum Gasteiger partial charge on any atom is -0.393 e. The lowest BCUT2D eigenvalue weighted by atomic mass is 9.88. The highest BCUT2D eigenvalue weighted by atomic mass is 19.1. The first kappa shape index (κ1) is 19.4. The molecule has 0 bridgehead atoms. The van der Waals surface area contributed by atoms with Gasteiger partial charge in [-0.25, -0.2) is 9.18 Å². The number of aliphatic hydroxyl groups excluding tert-OH is 1.